The molecule has 3 nitrogen and oxygen atoms in total. The topological polar surface area (TPSA) is 41.5 Å². The van der Waals surface area contributed by atoms with Crippen LogP contribution in [0.5, 0.6) is 0 Å². The van der Waals surface area contributed by atoms with Crippen LogP contribution in [0.3, 0.4) is 0 Å². The lowest BCUT2D eigenvalue weighted by molar-refractivity contribution is 0.122. The van der Waals surface area contributed by atoms with E-state index in [2.05, 4.69) is 25.2 Å². The minimum Gasteiger partial charge on any atom is -0.389 e. The van der Waals surface area contributed by atoms with Gasteiger partial charge in [-0.1, -0.05) is 11.6 Å². The summed E-state index contributed by atoms with van der Waals surface area (Å²) in [5.41, 5.74) is 1.29. The van der Waals surface area contributed by atoms with Crippen molar-refractivity contribution >= 4 is 0 Å². The van der Waals surface area contributed by atoms with Crippen molar-refractivity contribution in [2.45, 2.75) is 26.0 Å². The van der Waals surface area contributed by atoms with Gasteiger partial charge in [-0.15, -0.1) is 0 Å². The summed E-state index contributed by atoms with van der Waals surface area (Å²) in [6.07, 6.45) is 1.76. The number of allylic oxidation sites excluding steroid dienone is 1. The van der Waals surface area contributed by atoms with Gasteiger partial charge in [0.1, 0.15) is 0 Å². The Labute approximate surface area is 73.4 Å². The summed E-state index contributed by atoms with van der Waals surface area (Å²) in [5, 5.41) is 12.6. The standard InChI is InChI=1S/C9H17NO2/c1-7(2)3-4-10-8-5-12-6-9(8)11/h3,8-11H,4-6H2,1-2H3. The molecule has 3 heteroatoms. The van der Waals surface area contributed by atoms with E-state index in [1.807, 2.05) is 0 Å². The third kappa shape index (κ3) is 2.93. The molecule has 1 aliphatic heterocycles. The zero-order valence-electron chi connectivity index (χ0n) is 7.71. The molecular weight excluding hydrogens is 154 g/mol. The Morgan fingerprint density at radius 2 is 2.33 bits per heavy atom. The average molecular weight is 171 g/mol. The molecule has 0 aliphatic carbocycles. The van der Waals surface area contributed by atoms with Crippen LogP contribution in [0.4, 0.5) is 0 Å². The van der Waals surface area contributed by atoms with Crippen molar-refractivity contribution in [2.24, 2.45) is 0 Å². The van der Waals surface area contributed by atoms with Crippen molar-refractivity contribution in [3.8, 4) is 0 Å². The molecule has 1 rings (SSSR count). The Morgan fingerprint density at radius 1 is 1.58 bits per heavy atom. The van der Waals surface area contributed by atoms with Gasteiger partial charge >= 0.3 is 0 Å². The smallest absolute Gasteiger partial charge is 0.0948 e. The molecule has 1 saturated heterocycles. The Kier molecular flexibility index (Phi) is 3.72. The molecule has 0 bridgehead atoms. The van der Waals surface area contributed by atoms with Gasteiger partial charge in [0, 0.05) is 6.54 Å². The van der Waals surface area contributed by atoms with Crippen LogP contribution in [0.1, 0.15) is 13.8 Å². The maximum atomic E-state index is 9.35. The molecule has 70 valence electrons. The third-order valence-electron chi connectivity index (χ3n) is 1.94. The second-order valence-electron chi connectivity index (χ2n) is 3.40. The van der Waals surface area contributed by atoms with E-state index in [1.54, 1.807) is 0 Å². The highest BCUT2D eigenvalue weighted by Crippen LogP contribution is 2.04. The number of aliphatic hydroxyl groups excluding tert-OH is 1. The maximum Gasteiger partial charge on any atom is 0.0948 e. The molecule has 0 saturated carbocycles. The Balaban J connectivity index is 2.18. The lowest BCUT2D eigenvalue weighted by Crippen LogP contribution is -2.38. The minimum atomic E-state index is -0.337. The molecule has 0 aromatic rings. The van der Waals surface area contributed by atoms with Gasteiger partial charge in [-0.05, 0) is 13.8 Å². The molecule has 2 N–H and O–H groups in total. The zero-order valence-corrected chi connectivity index (χ0v) is 7.71. The fourth-order valence-electron chi connectivity index (χ4n) is 1.15. The van der Waals surface area contributed by atoms with Gasteiger partial charge < -0.3 is 15.2 Å². The highest BCUT2D eigenvalue weighted by atomic mass is 16.5. The Hall–Kier alpha value is -0.380. The largest absolute Gasteiger partial charge is 0.389 e. The van der Waals surface area contributed by atoms with Crippen LogP contribution in [-0.4, -0.2) is 37.0 Å². The zero-order chi connectivity index (χ0) is 8.97. The highest BCUT2D eigenvalue weighted by molar-refractivity contribution is 4.95. The normalized spacial score (nSPS) is 28.9. The quantitative estimate of drug-likeness (QED) is 0.600. The Morgan fingerprint density at radius 3 is 2.83 bits per heavy atom. The number of nitrogens with one attached hydrogen (secondary N) is 1. The number of aliphatic hydroxyl groups is 1. The molecule has 0 aromatic heterocycles. The van der Waals surface area contributed by atoms with Crippen molar-refractivity contribution in [3.05, 3.63) is 11.6 Å². The predicted molar refractivity (Wildman–Crippen MR) is 48.0 cm³/mol. The van der Waals surface area contributed by atoms with E-state index < -0.39 is 0 Å². The molecular formula is C9H17NO2. The monoisotopic (exact) mass is 171 g/mol. The SMILES string of the molecule is CC(C)=CCNC1COCC1O. The van der Waals surface area contributed by atoms with Gasteiger partial charge in [0.25, 0.3) is 0 Å². The first-order valence-corrected chi connectivity index (χ1v) is 4.32. The van der Waals surface area contributed by atoms with Gasteiger partial charge in [-0.2, -0.15) is 0 Å². The van der Waals surface area contributed by atoms with Crippen molar-refractivity contribution in [2.75, 3.05) is 19.8 Å². The van der Waals surface area contributed by atoms with Gasteiger partial charge in [0.2, 0.25) is 0 Å². The fraction of sp³-hybridized carbons (Fsp3) is 0.778. The average Bonchev–Trinajstić information content (AvgIpc) is 2.36. The van der Waals surface area contributed by atoms with E-state index in [0.29, 0.717) is 13.2 Å². The van der Waals surface area contributed by atoms with Crippen LogP contribution < -0.4 is 5.32 Å². The predicted octanol–water partition coefficient (Wildman–Crippen LogP) is 0.302. The van der Waals surface area contributed by atoms with Crippen LogP contribution >= 0.6 is 0 Å². The van der Waals surface area contributed by atoms with Crippen LogP contribution in [0.2, 0.25) is 0 Å². The summed E-state index contributed by atoms with van der Waals surface area (Å²) in [6, 6.07) is 0.112. The van der Waals surface area contributed by atoms with E-state index in [1.165, 1.54) is 5.57 Å². The second-order valence-corrected chi connectivity index (χ2v) is 3.40. The molecule has 2 atom stereocenters. The molecule has 12 heavy (non-hydrogen) atoms. The first-order valence-electron chi connectivity index (χ1n) is 4.32. The number of ether oxygens (including phenoxy) is 1. The lowest BCUT2D eigenvalue weighted by atomic mass is 10.2. The maximum absolute atomic E-state index is 9.35. The molecule has 0 radical (unpaired) electrons. The van der Waals surface area contributed by atoms with Gasteiger partial charge in [0.15, 0.2) is 0 Å². The molecule has 2 unspecified atom stereocenters. The fourth-order valence-corrected chi connectivity index (χ4v) is 1.15. The minimum absolute atomic E-state index is 0.112. The molecule has 0 amide bonds. The summed E-state index contributed by atoms with van der Waals surface area (Å²) in [5.74, 6) is 0. The molecule has 0 spiro atoms. The first kappa shape index (κ1) is 9.71. The van der Waals surface area contributed by atoms with Crippen LogP contribution in [0.15, 0.2) is 11.6 Å². The van der Waals surface area contributed by atoms with Crippen LogP contribution in [0.25, 0.3) is 0 Å². The number of hydrogen-bond donors (Lipinski definition) is 2. The van der Waals surface area contributed by atoms with E-state index >= 15 is 0 Å². The van der Waals surface area contributed by atoms with E-state index in [4.69, 9.17) is 4.74 Å². The summed E-state index contributed by atoms with van der Waals surface area (Å²) >= 11 is 0. The summed E-state index contributed by atoms with van der Waals surface area (Å²) in [4.78, 5) is 0. The highest BCUT2D eigenvalue weighted by Gasteiger charge is 2.24. The Bertz CT molecular complexity index is 164. The molecule has 1 fully saturated rings. The van der Waals surface area contributed by atoms with Crippen molar-refractivity contribution in [1.29, 1.82) is 0 Å². The lowest BCUT2D eigenvalue weighted by Gasteiger charge is -2.12. The van der Waals surface area contributed by atoms with Gasteiger partial charge in [0.05, 0.1) is 25.4 Å². The van der Waals surface area contributed by atoms with Crippen molar-refractivity contribution < 1.29 is 9.84 Å². The molecule has 0 aromatic carbocycles. The molecule has 1 aliphatic rings. The van der Waals surface area contributed by atoms with Gasteiger partial charge in [-0.25, -0.2) is 0 Å². The first-order chi connectivity index (χ1) is 5.70. The van der Waals surface area contributed by atoms with Crippen molar-refractivity contribution in [3.63, 3.8) is 0 Å². The number of hydrogen-bond acceptors (Lipinski definition) is 3. The van der Waals surface area contributed by atoms with E-state index in [9.17, 15) is 5.11 Å². The molecule has 1 heterocycles. The summed E-state index contributed by atoms with van der Waals surface area (Å²) in [6.45, 7) is 6.02. The van der Waals surface area contributed by atoms with Crippen LogP contribution in [0, 0.1) is 0 Å². The second kappa shape index (κ2) is 4.60. The van der Waals surface area contributed by atoms with Crippen LogP contribution in [-0.2, 0) is 4.74 Å². The van der Waals surface area contributed by atoms with Gasteiger partial charge in [-0.3, -0.25) is 0 Å². The van der Waals surface area contributed by atoms with E-state index in [-0.39, 0.29) is 12.1 Å². The third-order valence-corrected chi connectivity index (χ3v) is 1.94. The number of rotatable bonds is 3. The summed E-state index contributed by atoms with van der Waals surface area (Å²) < 4.78 is 5.09. The summed E-state index contributed by atoms with van der Waals surface area (Å²) in [7, 11) is 0. The van der Waals surface area contributed by atoms with E-state index in [0.717, 1.165) is 6.54 Å². The van der Waals surface area contributed by atoms with Crippen molar-refractivity contribution in [1.82, 2.24) is 5.32 Å².